The normalized spacial score (nSPS) is 13.3. The summed E-state index contributed by atoms with van der Waals surface area (Å²) in [6.07, 6.45) is 0. The fourth-order valence-corrected chi connectivity index (χ4v) is 9.54. The van der Waals surface area contributed by atoms with Crippen molar-refractivity contribution < 1.29 is 8.83 Å². The molecule has 0 saturated heterocycles. The van der Waals surface area contributed by atoms with E-state index in [1.165, 1.54) is 43.8 Å². The van der Waals surface area contributed by atoms with Gasteiger partial charge >= 0.3 is 0 Å². The molecule has 0 amide bonds. The van der Waals surface area contributed by atoms with Gasteiger partial charge in [0.15, 0.2) is 11.2 Å². The summed E-state index contributed by atoms with van der Waals surface area (Å²) in [5, 5.41) is 9.12. The quantitative estimate of drug-likeness (QED) is 0.182. The molecule has 0 aliphatic heterocycles. The van der Waals surface area contributed by atoms with E-state index in [-0.39, 0.29) is 5.41 Å². The maximum Gasteiger partial charge on any atom is 0.159 e. The molecule has 3 heteroatoms. The van der Waals surface area contributed by atoms with E-state index in [2.05, 4.69) is 189 Å². The fourth-order valence-electron chi connectivity index (χ4n) is 9.54. The van der Waals surface area contributed by atoms with Crippen molar-refractivity contribution in [3.8, 4) is 22.3 Å². The Hall–Kier alpha value is -7.10. The van der Waals surface area contributed by atoms with Crippen LogP contribution in [-0.4, -0.2) is 0 Å². The Bertz CT molecular complexity index is 3420. The SMILES string of the molecule is CC1(C)c2ccccc2-c2ccc(N(c3cccc4c3oc3ccccc34)c3cccc4c3oc3c(-c5ccc6ccccc6c5)c5ccccc5cc34)cc21. The Morgan fingerprint density at radius 2 is 1.05 bits per heavy atom. The second-order valence-electron chi connectivity index (χ2n) is 15.7. The van der Waals surface area contributed by atoms with Gasteiger partial charge in [0.2, 0.25) is 0 Å². The molecule has 0 bridgehead atoms. The summed E-state index contributed by atoms with van der Waals surface area (Å²) in [7, 11) is 0. The number of fused-ring (bicyclic) bond motifs is 11. The number of benzene rings is 9. The third-order valence-corrected chi connectivity index (χ3v) is 12.2. The van der Waals surface area contributed by atoms with Crippen molar-refractivity contribution in [3.05, 3.63) is 187 Å². The monoisotopic (exact) mass is 717 g/mol. The van der Waals surface area contributed by atoms with Crippen molar-refractivity contribution in [2.75, 3.05) is 4.90 Å². The van der Waals surface area contributed by atoms with Gasteiger partial charge in [0.25, 0.3) is 0 Å². The Kier molecular flexibility index (Phi) is 6.40. The molecule has 11 aromatic rings. The predicted octanol–water partition coefficient (Wildman–Crippen LogP) is 15.2. The zero-order chi connectivity index (χ0) is 37.1. The van der Waals surface area contributed by atoms with Gasteiger partial charge in [0.05, 0.1) is 11.4 Å². The highest BCUT2D eigenvalue weighted by atomic mass is 16.3. The molecule has 0 unspecified atom stereocenters. The van der Waals surface area contributed by atoms with Crippen LogP contribution >= 0.6 is 0 Å². The second kappa shape index (κ2) is 11.5. The third-order valence-electron chi connectivity index (χ3n) is 12.2. The minimum absolute atomic E-state index is 0.167. The summed E-state index contributed by atoms with van der Waals surface area (Å²) in [4.78, 5) is 2.35. The molecule has 0 fully saturated rings. The van der Waals surface area contributed by atoms with Gasteiger partial charge in [-0.15, -0.1) is 0 Å². The maximum atomic E-state index is 7.30. The second-order valence-corrected chi connectivity index (χ2v) is 15.7. The highest BCUT2D eigenvalue weighted by Crippen LogP contribution is 2.53. The minimum atomic E-state index is -0.167. The average Bonchev–Trinajstić information content (AvgIpc) is 3.88. The molecule has 56 heavy (non-hydrogen) atoms. The molecule has 1 aliphatic carbocycles. The fraction of sp³-hybridized carbons (Fsp3) is 0.0566. The largest absolute Gasteiger partial charge is 0.454 e. The molecule has 1 aliphatic rings. The van der Waals surface area contributed by atoms with E-state index in [0.717, 1.165) is 72.1 Å². The first kappa shape index (κ1) is 31.3. The smallest absolute Gasteiger partial charge is 0.159 e. The maximum absolute atomic E-state index is 7.30. The molecule has 3 nitrogen and oxygen atoms in total. The highest BCUT2D eigenvalue weighted by Gasteiger charge is 2.36. The van der Waals surface area contributed by atoms with Crippen molar-refractivity contribution in [1.29, 1.82) is 0 Å². The van der Waals surface area contributed by atoms with Crippen LogP contribution in [0, 0.1) is 0 Å². The summed E-state index contributed by atoms with van der Waals surface area (Å²) >= 11 is 0. The predicted molar refractivity (Wildman–Crippen MR) is 234 cm³/mol. The lowest BCUT2D eigenvalue weighted by Gasteiger charge is -2.28. The highest BCUT2D eigenvalue weighted by molar-refractivity contribution is 6.21. The van der Waals surface area contributed by atoms with Crippen LogP contribution in [0.4, 0.5) is 17.1 Å². The molecule has 264 valence electrons. The summed E-state index contributed by atoms with van der Waals surface area (Å²) in [6.45, 7) is 4.68. The van der Waals surface area contributed by atoms with Gasteiger partial charge in [-0.05, 0) is 91.8 Å². The molecule has 2 aromatic heterocycles. The van der Waals surface area contributed by atoms with Gasteiger partial charge in [-0.25, -0.2) is 0 Å². The first-order valence-corrected chi connectivity index (χ1v) is 19.3. The molecule has 0 saturated carbocycles. The van der Waals surface area contributed by atoms with Crippen molar-refractivity contribution in [1.82, 2.24) is 0 Å². The summed E-state index contributed by atoms with van der Waals surface area (Å²) < 4.78 is 14.1. The number of hydrogen-bond acceptors (Lipinski definition) is 3. The Labute approximate surface area is 323 Å². The number of para-hydroxylation sites is 3. The van der Waals surface area contributed by atoms with Crippen molar-refractivity contribution in [3.63, 3.8) is 0 Å². The number of hydrogen-bond donors (Lipinski definition) is 0. The van der Waals surface area contributed by atoms with Crippen LogP contribution < -0.4 is 4.90 Å². The third kappa shape index (κ3) is 4.34. The molecule has 0 radical (unpaired) electrons. The van der Waals surface area contributed by atoms with Crippen molar-refractivity contribution in [2.45, 2.75) is 19.3 Å². The van der Waals surface area contributed by atoms with Gasteiger partial charge in [0.1, 0.15) is 11.2 Å². The van der Waals surface area contributed by atoms with E-state index >= 15 is 0 Å². The van der Waals surface area contributed by atoms with Crippen LogP contribution in [0.3, 0.4) is 0 Å². The summed E-state index contributed by atoms with van der Waals surface area (Å²) in [5.41, 5.74) is 13.7. The summed E-state index contributed by atoms with van der Waals surface area (Å²) in [6, 6.07) is 63.4. The lowest BCUT2D eigenvalue weighted by molar-refractivity contribution is 0.660. The van der Waals surface area contributed by atoms with Crippen LogP contribution in [-0.2, 0) is 5.41 Å². The zero-order valence-electron chi connectivity index (χ0n) is 31.0. The van der Waals surface area contributed by atoms with Gasteiger partial charge in [-0.2, -0.15) is 0 Å². The first-order chi connectivity index (χ1) is 27.5. The van der Waals surface area contributed by atoms with E-state index in [1.807, 2.05) is 6.07 Å². The molecule has 12 rings (SSSR count). The minimum Gasteiger partial charge on any atom is -0.454 e. The van der Waals surface area contributed by atoms with Crippen LogP contribution in [0.1, 0.15) is 25.0 Å². The van der Waals surface area contributed by atoms with Crippen molar-refractivity contribution in [2.24, 2.45) is 0 Å². The van der Waals surface area contributed by atoms with Gasteiger partial charge < -0.3 is 13.7 Å². The molecule has 0 N–H and O–H groups in total. The van der Waals surface area contributed by atoms with Crippen LogP contribution in [0.25, 0.3) is 87.7 Å². The van der Waals surface area contributed by atoms with Crippen molar-refractivity contribution >= 4 is 82.5 Å². The molecular weight excluding hydrogens is 683 g/mol. The number of furan rings is 2. The molecule has 9 aromatic carbocycles. The molecular formula is C53H35NO2. The number of nitrogens with zero attached hydrogens (tertiary/aromatic N) is 1. The molecule has 2 heterocycles. The molecule has 0 atom stereocenters. The molecule has 0 spiro atoms. The average molecular weight is 718 g/mol. The number of anilines is 3. The van der Waals surface area contributed by atoms with Gasteiger partial charge in [-0.3, -0.25) is 0 Å². The van der Waals surface area contributed by atoms with Crippen LogP contribution in [0.15, 0.2) is 185 Å². The summed E-state index contributed by atoms with van der Waals surface area (Å²) in [5.74, 6) is 0. The number of rotatable bonds is 4. The van der Waals surface area contributed by atoms with E-state index < -0.39 is 0 Å². The zero-order valence-corrected chi connectivity index (χ0v) is 31.0. The first-order valence-electron chi connectivity index (χ1n) is 19.3. The van der Waals surface area contributed by atoms with E-state index in [1.54, 1.807) is 0 Å². The van der Waals surface area contributed by atoms with Crippen LogP contribution in [0.5, 0.6) is 0 Å². The lowest BCUT2D eigenvalue weighted by atomic mass is 9.82. The van der Waals surface area contributed by atoms with Gasteiger partial charge in [-0.1, -0.05) is 147 Å². The lowest BCUT2D eigenvalue weighted by Crippen LogP contribution is -2.16. The Balaban J connectivity index is 1.16. The van der Waals surface area contributed by atoms with E-state index in [9.17, 15) is 0 Å². The van der Waals surface area contributed by atoms with E-state index in [0.29, 0.717) is 0 Å². The van der Waals surface area contributed by atoms with E-state index in [4.69, 9.17) is 8.83 Å². The topological polar surface area (TPSA) is 29.5 Å². The Morgan fingerprint density at radius 1 is 0.411 bits per heavy atom. The standard InChI is InChI=1S/C53H35NO2/c1-53(2)44-21-9-7-17-38(44)39-28-27-36(31-45(39)53)54(46-22-11-19-41-40-18-8-10-24-48(40)55-50(41)46)47-23-12-20-42-43-30-34-15-5-6-16-37(34)49(52(43)56-51(42)47)35-26-25-32-13-3-4-14-33(32)29-35/h3-31H,1-2H3. The Morgan fingerprint density at radius 3 is 1.89 bits per heavy atom. The van der Waals surface area contributed by atoms with Crippen LogP contribution in [0.2, 0.25) is 0 Å². The van der Waals surface area contributed by atoms with Gasteiger partial charge in [0, 0.05) is 38.2 Å².